The Morgan fingerprint density at radius 1 is 0.969 bits per heavy atom. The maximum atomic E-state index is 12.9. The molecule has 2 heterocycles. The summed E-state index contributed by atoms with van der Waals surface area (Å²) in [5, 5.41) is 2.45. The first kappa shape index (κ1) is 22.9. The second-order valence-electron chi connectivity index (χ2n) is 7.64. The van der Waals surface area contributed by atoms with Crippen LogP contribution in [0.2, 0.25) is 0 Å². The first-order valence-electron chi connectivity index (χ1n) is 10.5. The highest BCUT2D eigenvalue weighted by atomic mass is 16.2. The summed E-state index contributed by atoms with van der Waals surface area (Å²) in [5.74, 6) is -2.07. The van der Waals surface area contributed by atoms with Crippen molar-refractivity contribution in [1.29, 1.82) is 0 Å². The van der Waals surface area contributed by atoms with Crippen molar-refractivity contribution in [2.24, 2.45) is 7.05 Å². The fraction of sp³-hybridized carbons (Fsp3) is 0.348. The van der Waals surface area contributed by atoms with Crippen LogP contribution in [0, 0.1) is 0 Å². The van der Waals surface area contributed by atoms with Gasteiger partial charge in [-0.3, -0.25) is 28.9 Å². The van der Waals surface area contributed by atoms with Gasteiger partial charge in [0.2, 0.25) is 5.91 Å². The highest BCUT2D eigenvalue weighted by molar-refractivity contribution is 6.22. The molecular weight excluding hydrogens is 412 g/mol. The Kier molecular flexibility index (Phi) is 6.87. The molecule has 2 aromatic rings. The molecule has 1 aliphatic rings. The molecule has 32 heavy (non-hydrogen) atoms. The fourth-order valence-electron chi connectivity index (χ4n) is 3.67. The highest BCUT2D eigenvalue weighted by Gasteiger charge is 2.36. The minimum Gasteiger partial charge on any atom is -0.339 e. The lowest BCUT2D eigenvalue weighted by molar-refractivity contribution is -0.116. The van der Waals surface area contributed by atoms with Gasteiger partial charge in [-0.25, -0.2) is 0 Å². The number of hydrogen-bond acceptors (Lipinski definition) is 5. The predicted octanol–water partition coefficient (Wildman–Crippen LogP) is 1.88. The summed E-state index contributed by atoms with van der Waals surface area (Å²) < 4.78 is 1.22. The minimum absolute atomic E-state index is 0.0899. The molecule has 1 N–H and O–H groups in total. The Balaban J connectivity index is 1.79. The molecule has 0 bridgehead atoms. The number of carbonyl (C=O) groups excluding carboxylic acids is 4. The first-order valence-corrected chi connectivity index (χ1v) is 10.5. The van der Waals surface area contributed by atoms with Crippen LogP contribution in [0.5, 0.6) is 0 Å². The molecule has 1 aromatic heterocycles. The Morgan fingerprint density at radius 3 is 2.06 bits per heavy atom. The number of nitrogens with one attached hydrogen (secondary N) is 1. The van der Waals surface area contributed by atoms with Gasteiger partial charge in [0.25, 0.3) is 23.3 Å². The molecule has 9 heteroatoms. The van der Waals surface area contributed by atoms with E-state index >= 15 is 0 Å². The summed E-state index contributed by atoms with van der Waals surface area (Å²) in [6.45, 7) is 4.57. The molecule has 0 aliphatic carbocycles. The number of fused-ring (bicyclic) bond motifs is 1. The summed E-state index contributed by atoms with van der Waals surface area (Å²) in [4.78, 5) is 65.5. The molecular formula is C23H26N4O5. The predicted molar refractivity (Wildman–Crippen MR) is 119 cm³/mol. The van der Waals surface area contributed by atoms with Crippen LogP contribution >= 0.6 is 0 Å². The van der Waals surface area contributed by atoms with Gasteiger partial charge in [-0.2, -0.15) is 0 Å². The second kappa shape index (κ2) is 9.59. The number of aryl methyl sites for hydroxylation is 1. The van der Waals surface area contributed by atoms with E-state index < -0.39 is 29.8 Å². The number of nitrogens with zero attached hydrogens (tertiary/aromatic N) is 3. The SMILES string of the molecule is CCCN(CCC)C(=O)c1cc(NC(=O)CN2C(=O)c3ccccc3C2=O)c(=O)n(C)c1. The van der Waals surface area contributed by atoms with Gasteiger partial charge >= 0.3 is 0 Å². The molecule has 168 valence electrons. The Hall–Kier alpha value is -3.75. The summed E-state index contributed by atoms with van der Waals surface area (Å²) in [7, 11) is 1.49. The van der Waals surface area contributed by atoms with Crippen molar-refractivity contribution < 1.29 is 19.2 Å². The molecule has 3 rings (SSSR count). The van der Waals surface area contributed by atoms with Gasteiger partial charge in [-0.15, -0.1) is 0 Å². The van der Waals surface area contributed by atoms with Crippen LogP contribution in [0.1, 0.15) is 57.8 Å². The number of amides is 4. The molecule has 0 radical (unpaired) electrons. The van der Waals surface area contributed by atoms with Crippen molar-refractivity contribution in [2.45, 2.75) is 26.7 Å². The third-order valence-corrected chi connectivity index (χ3v) is 5.16. The van der Waals surface area contributed by atoms with Crippen LogP contribution in [0.25, 0.3) is 0 Å². The van der Waals surface area contributed by atoms with Crippen LogP contribution in [0.15, 0.2) is 41.3 Å². The molecule has 0 saturated heterocycles. The fourth-order valence-corrected chi connectivity index (χ4v) is 3.67. The zero-order chi connectivity index (χ0) is 23.4. The quantitative estimate of drug-likeness (QED) is 0.633. The number of imide groups is 1. The van der Waals surface area contributed by atoms with Crippen molar-refractivity contribution in [3.05, 3.63) is 63.6 Å². The molecule has 0 fully saturated rings. The van der Waals surface area contributed by atoms with Crippen molar-refractivity contribution in [3.63, 3.8) is 0 Å². The third-order valence-electron chi connectivity index (χ3n) is 5.16. The van der Waals surface area contributed by atoms with Gasteiger partial charge in [0, 0.05) is 26.3 Å². The van der Waals surface area contributed by atoms with Gasteiger partial charge in [0.15, 0.2) is 0 Å². The number of rotatable bonds is 8. The van der Waals surface area contributed by atoms with Gasteiger partial charge < -0.3 is 14.8 Å². The number of anilines is 1. The number of carbonyl (C=O) groups is 4. The topological polar surface area (TPSA) is 109 Å². The zero-order valence-electron chi connectivity index (χ0n) is 18.4. The normalized spacial score (nSPS) is 12.7. The Morgan fingerprint density at radius 2 is 1.53 bits per heavy atom. The van der Waals surface area contributed by atoms with Crippen LogP contribution in [-0.4, -0.2) is 57.6 Å². The molecule has 0 unspecified atom stereocenters. The molecule has 1 aliphatic heterocycles. The molecule has 0 atom stereocenters. The number of pyridine rings is 1. The van der Waals surface area contributed by atoms with E-state index in [1.807, 2.05) is 13.8 Å². The lowest BCUT2D eigenvalue weighted by Crippen LogP contribution is -2.38. The van der Waals surface area contributed by atoms with Crippen molar-refractivity contribution in [2.75, 3.05) is 25.0 Å². The van der Waals surface area contributed by atoms with E-state index in [0.717, 1.165) is 17.7 Å². The van der Waals surface area contributed by atoms with Crippen LogP contribution < -0.4 is 10.9 Å². The van der Waals surface area contributed by atoms with Gasteiger partial charge in [0.05, 0.1) is 16.7 Å². The number of aromatic nitrogens is 1. The number of hydrogen-bond donors (Lipinski definition) is 1. The van der Waals surface area contributed by atoms with Crippen molar-refractivity contribution in [3.8, 4) is 0 Å². The maximum Gasteiger partial charge on any atom is 0.274 e. The minimum atomic E-state index is -0.708. The average molecular weight is 438 g/mol. The first-order chi connectivity index (χ1) is 15.3. The molecule has 9 nitrogen and oxygen atoms in total. The lowest BCUT2D eigenvalue weighted by atomic mass is 10.1. The maximum absolute atomic E-state index is 12.9. The summed E-state index contributed by atoms with van der Waals surface area (Å²) in [6, 6.07) is 7.66. The highest BCUT2D eigenvalue weighted by Crippen LogP contribution is 2.22. The van der Waals surface area contributed by atoms with Gasteiger partial charge in [-0.1, -0.05) is 26.0 Å². The van der Waals surface area contributed by atoms with Crippen molar-refractivity contribution >= 4 is 29.3 Å². The average Bonchev–Trinajstić information content (AvgIpc) is 3.01. The van der Waals surface area contributed by atoms with Crippen LogP contribution in [0.3, 0.4) is 0 Å². The Labute approximate surface area is 185 Å². The third kappa shape index (κ3) is 4.46. The molecule has 0 saturated carbocycles. The van der Waals surface area contributed by atoms with Gasteiger partial charge in [-0.05, 0) is 31.0 Å². The standard InChI is InChI=1S/C23H26N4O5/c1-4-10-26(11-5-2)20(29)15-12-18(23(32)25(3)13-15)24-19(28)14-27-21(30)16-8-6-7-9-17(16)22(27)31/h6-9,12-13H,4-5,10-11,14H2,1-3H3,(H,24,28). The van der Waals surface area contributed by atoms with E-state index in [4.69, 9.17) is 0 Å². The molecule has 4 amide bonds. The largest absolute Gasteiger partial charge is 0.339 e. The number of benzene rings is 1. The lowest BCUT2D eigenvalue weighted by Gasteiger charge is -2.22. The summed E-state index contributed by atoms with van der Waals surface area (Å²) >= 11 is 0. The van der Waals surface area contributed by atoms with Crippen LogP contribution in [0.4, 0.5) is 5.69 Å². The smallest absolute Gasteiger partial charge is 0.274 e. The van der Waals surface area contributed by atoms with E-state index in [9.17, 15) is 24.0 Å². The van der Waals surface area contributed by atoms with Crippen LogP contribution in [-0.2, 0) is 11.8 Å². The van der Waals surface area contributed by atoms with E-state index in [1.54, 1.807) is 17.0 Å². The van der Waals surface area contributed by atoms with E-state index in [1.165, 1.54) is 36.0 Å². The van der Waals surface area contributed by atoms with E-state index in [2.05, 4.69) is 5.32 Å². The zero-order valence-corrected chi connectivity index (χ0v) is 18.4. The molecule has 0 spiro atoms. The second-order valence-corrected chi connectivity index (χ2v) is 7.64. The monoisotopic (exact) mass is 438 g/mol. The molecule has 1 aromatic carbocycles. The van der Waals surface area contributed by atoms with E-state index in [0.29, 0.717) is 13.1 Å². The van der Waals surface area contributed by atoms with Crippen molar-refractivity contribution in [1.82, 2.24) is 14.4 Å². The van der Waals surface area contributed by atoms with E-state index in [-0.39, 0.29) is 28.3 Å². The Bertz CT molecular complexity index is 1100. The van der Waals surface area contributed by atoms with Gasteiger partial charge in [0.1, 0.15) is 12.2 Å². The summed E-state index contributed by atoms with van der Waals surface area (Å²) in [6.07, 6.45) is 3.02. The summed E-state index contributed by atoms with van der Waals surface area (Å²) in [5.41, 5.74) is 0.147.